The summed E-state index contributed by atoms with van der Waals surface area (Å²) in [4.78, 5) is 0. The Morgan fingerprint density at radius 3 is 2.61 bits per heavy atom. The largest absolute Gasteiger partial charge is 0.489 e. The molecule has 2 aromatic carbocycles. The minimum Gasteiger partial charge on any atom is -0.489 e. The standard InChI is InChI=1S/C15H14BrClO/c1-11-4-2-3-5-12(11)10-18-15-7-6-14(16)8-13(15)9-17/h2-8H,9-10H2,1H3. The highest BCUT2D eigenvalue weighted by Crippen LogP contribution is 2.25. The van der Waals surface area contributed by atoms with Crippen LogP contribution < -0.4 is 4.74 Å². The maximum Gasteiger partial charge on any atom is 0.124 e. The van der Waals surface area contributed by atoms with Crippen molar-refractivity contribution in [1.29, 1.82) is 0 Å². The van der Waals surface area contributed by atoms with Crippen molar-refractivity contribution in [2.45, 2.75) is 19.4 Å². The highest BCUT2D eigenvalue weighted by molar-refractivity contribution is 9.10. The van der Waals surface area contributed by atoms with Crippen molar-refractivity contribution in [3.05, 3.63) is 63.6 Å². The van der Waals surface area contributed by atoms with E-state index in [1.165, 1.54) is 11.1 Å². The number of rotatable bonds is 4. The molecule has 0 radical (unpaired) electrons. The Morgan fingerprint density at radius 2 is 1.89 bits per heavy atom. The normalized spacial score (nSPS) is 10.4. The zero-order valence-corrected chi connectivity index (χ0v) is 12.5. The minimum atomic E-state index is 0.447. The Balaban J connectivity index is 2.13. The molecule has 0 aromatic heterocycles. The zero-order valence-electron chi connectivity index (χ0n) is 10.1. The number of benzene rings is 2. The highest BCUT2D eigenvalue weighted by Gasteiger charge is 2.05. The summed E-state index contributed by atoms with van der Waals surface area (Å²) >= 11 is 9.35. The first-order valence-corrected chi connectivity index (χ1v) is 7.05. The van der Waals surface area contributed by atoms with Crippen LogP contribution in [0.4, 0.5) is 0 Å². The summed E-state index contributed by atoms with van der Waals surface area (Å²) in [5.74, 6) is 1.29. The molecule has 0 saturated heterocycles. The van der Waals surface area contributed by atoms with E-state index in [1.807, 2.05) is 30.3 Å². The SMILES string of the molecule is Cc1ccccc1COc1ccc(Br)cc1CCl. The lowest BCUT2D eigenvalue weighted by atomic mass is 10.1. The van der Waals surface area contributed by atoms with Gasteiger partial charge in [-0.1, -0.05) is 40.2 Å². The molecule has 2 aromatic rings. The summed E-state index contributed by atoms with van der Waals surface area (Å²) in [6.45, 7) is 2.65. The third-order valence-electron chi connectivity index (χ3n) is 2.81. The van der Waals surface area contributed by atoms with E-state index in [2.05, 4.69) is 35.0 Å². The Bertz CT molecular complexity index is 540. The number of aryl methyl sites for hydroxylation is 1. The zero-order chi connectivity index (χ0) is 13.0. The first-order chi connectivity index (χ1) is 8.70. The van der Waals surface area contributed by atoms with Gasteiger partial charge in [-0.05, 0) is 36.2 Å². The molecule has 1 nitrogen and oxygen atoms in total. The summed E-state index contributed by atoms with van der Waals surface area (Å²) < 4.78 is 6.86. The molecule has 0 fully saturated rings. The average Bonchev–Trinajstić information content (AvgIpc) is 2.39. The molecule has 0 unspecified atom stereocenters. The molecule has 2 rings (SSSR count). The second-order valence-corrected chi connectivity index (χ2v) is 5.28. The molecule has 0 heterocycles. The van der Waals surface area contributed by atoms with E-state index >= 15 is 0 Å². The van der Waals surface area contributed by atoms with Gasteiger partial charge in [0.05, 0.1) is 5.88 Å². The van der Waals surface area contributed by atoms with Crippen LogP contribution in [0.2, 0.25) is 0 Å². The molecule has 0 aliphatic rings. The molecule has 0 aliphatic heterocycles. The number of hydrogen-bond acceptors (Lipinski definition) is 1. The third-order valence-corrected chi connectivity index (χ3v) is 3.59. The van der Waals surface area contributed by atoms with Crippen LogP contribution >= 0.6 is 27.5 Å². The Labute approximate surface area is 121 Å². The van der Waals surface area contributed by atoms with Crippen molar-refractivity contribution in [3.8, 4) is 5.75 Å². The van der Waals surface area contributed by atoms with Crippen molar-refractivity contribution in [3.63, 3.8) is 0 Å². The van der Waals surface area contributed by atoms with Crippen LogP contribution in [-0.4, -0.2) is 0 Å². The Morgan fingerprint density at radius 1 is 1.11 bits per heavy atom. The fourth-order valence-electron chi connectivity index (χ4n) is 1.72. The molecule has 0 saturated carbocycles. The lowest BCUT2D eigenvalue weighted by molar-refractivity contribution is 0.303. The van der Waals surface area contributed by atoms with Crippen LogP contribution in [0.15, 0.2) is 46.9 Å². The van der Waals surface area contributed by atoms with Gasteiger partial charge in [0.15, 0.2) is 0 Å². The molecule has 94 valence electrons. The third kappa shape index (κ3) is 3.27. The lowest BCUT2D eigenvalue weighted by Crippen LogP contribution is -1.99. The van der Waals surface area contributed by atoms with Gasteiger partial charge in [-0.15, -0.1) is 11.6 Å². The van der Waals surface area contributed by atoms with E-state index in [4.69, 9.17) is 16.3 Å². The Hall–Kier alpha value is -0.990. The fourth-order valence-corrected chi connectivity index (χ4v) is 2.34. The first kappa shape index (κ1) is 13.4. The van der Waals surface area contributed by atoms with Crippen LogP contribution in [0.1, 0.15) is 16.7 Å². The monoisotopic (exact) mass is 324 g/mol. The summed E-state index contributed by atoms with van der Waals surface area (Å²) in [6.07, 6.45) is 0. The maximum atomic E-state index is 5.92. The number of alkyl halides is 1. The number of hydrogen-bond donors (Lipinski definition) is 0. The van der Waals surface area contributed by atoms with Gasteiger partial charge in [0.1, 0.15) is 12.4 Å². The lowest BCUT2D eigenvalue weighted by Gasteiger charge is -2.11. The fraction of sp³-hybridized carbons (Fsp3) is 0.200. The van der Waals surface area contributed by atoms with Crippen molar-refractivity contribution in [2.24, 2.45) is 0 Å². The smallest absolute Gasteiger partial charge is 0.124 e. The first-order valence-electron chi connectivity index (χ1n) is 5.72. The topological polar surface area (TPSA) is 9.23 Å². The van der Waals surface area contributed by atoms with Gasteiger partial charge in [-0.2, -0.15) is 0 Å². The summed E-state index contributed by atoms with van der Waals surface area (Å²) in [5.41, 5.74) is 3.43. The predicted molar refractivity (Wildman–Crippen MR) is 79.2 cm³/mol. The van der Waals surface area contributed by atoms with Crippen molar-refractivity contribution in [2.75, 3.05) is 0 Å². The second-order valence-electron chi connectivity index (χ2n) is 4.10. The van der Waals surface area contributed by atoms with E-state index in [-0.39, 0.29) is 0 Å². The molecule has 0 aliphatic carbocycles. The van der Waals surface area contributed by atoms with Crippen molar-refractivity contribution < 1.29 is 4.74 Å². The number of halogens is 2. The summed E-state index contributed by atoms with van der Waals surface area (Å²) in [6, 6.07) is 14.1. The van der Waals surface area contributed by atoms with Gasteiger partial charge in [0, 0.05) is 10.0 Å². The van der Waals surface area contributed by atoms with E-state index < -0.39 is 0 Å². The predicted octanol–water partition coefficient (Wildman–Crippen LogP) is 5.08. The average molecular weight is 326 g/mol. The maximum absolute atomic E-state index is 5.92. The molecule has 0 bridgehead atoms. The minimum absolute atomic E-state index is 0.447. The summed E-state index contributed by atoms with van der Waals surface area (Å²) in [5, 5.41) is 0. The van der Waals surface area contributed by atoms with Gasteiger partial charge in [0.25, 0.3) is 0 Å². The van der Waals surface area contributed by atoms with Crippen LogP contribution in [0.3, 0.4) is 0 Å². The van der Waals surface area contributed by atoms with Gasteiger partial charge < -0.3 is 4.74 Å². The van der Waals surface area contributed by atoms with Crippen LogP contribution in [0, 0.1) is 6.92 Å². The van der Waals surface area contributed by atoms with E-state index in [9.17, 15) is 0 Å². The van der Waals surface area contributed by atoms with Gasteiger partial charge in [-0.3, -0.25) is 0 Å². The van der Waals surface area contributed by atoms with Crippen LogP contribution in [-0.2, 0) is 12.5 Å². The second kappa shape index (κ2) is 6.26. The van der Waals surface area contributed by atoms with Crippen molar-refractivity contribution >= 4 is 27.5 Å². The quantitative estimate of drug-likeness (QED) is 0.713. The number of ether oxygens (including phenoxy) is 1. The molecule has 0 amide bonds. The van der Waals surface area contributed by atoms with Crippen LogP contribution in [0.5, 0.6) is 5.75 Å². The summed E-state index contributed by atoms with van der Waals surface area (Å²) in [7, 11) is 0. The van der Waals surface area contributed by atoms with Gasteiger partial charge in [-0.25, -0.2) is 0 Å². The molecule has 18 heavy (non-hydrogen) atoms. The van der Waals surface area contributed by atoms with E-state index in [0.29, 0.717) is 12.5 Å². The molecule has 0 N–H and O–H groups in total. The molecular weight excluding hydrogens is 312 g/mol. The molecule has 0 atom stereocenters. The molecular formula is C15H14BrClO. The van der Waals surface area contributed by atoms with E-state index in [0.717, 1.165) is 15.8 Å². The Kier molecular flexibility index (Phi) is 4.67. The van der Waals surface area contributed by atoms with E-state index in [1.54, 1.807) is 0 Å². The van der Waals surface area contributed by atoms with Gasteiger partial charge >= 0.3 is 0 Å². The highest BCUT2D eigenvalue weighted by atomic mass is 79.9. The molecule has 0 spiro atoms. The van der Waals surface area contributed by atoms with Crippen LogP contribution in [0.25, 0.3) is 0 Å². The molecule has 3 heteroatoms. The van der Waals surface area contributed by atoms with Crippen molar-refractivity contribution in [1.82, 2.24) is 0 Å². The van der Waals surface area contributed by atoms with Gasteiger partial charge in [0.2, 0.25) is 0 Å².